The molecule has 3 heterocycles. The fourth-order valence-corrected chi connectivity index (χ4v) is 6.55. The van der Waals surface area contributed by atoms with Gasteiger partial charge in [-0.15, -0.1) is 0 Å². The highest BCUT2D eigenvalue weighted by atomic mass is 19.4. The van der Waals surface area contributed by atoms with E-state index in [1.807, 2.05) is 6.92 Å². The molecule has 0 amide bonds. The number of carbonyl (C=O) groups is 1. The Kier molecular flexibility index (Phi) is 6.45. The number of ether oxygens (including phenoxy) is 1. The van der Waals surface area contributed by atoms with Crippen LogP contribution in [0.15, 0.2) is 24.3 Å². The van der Waals surface area contributed by atoms with Crippen molar-refractivity contribution in [2.24, 2.45) is 11.8 Å². The first-order valence-electron chi connectivity index (χ1n) is 12.8. The van der Waals surface area contributed by atoms with Crippen LogP contribution >= 0.6 is 0 Å². The molecule has 2 aromatic rings. The van der Waals surface area contributed by atoms with Crippen molar-refractivity contribution >= 4 is 16.9 Å². The van der Waals surface area contributed by atoms with Crippen LogP contribution < -0.4 is 4.74 Å². The highest BCUT2D eigenvalue weighted by molar-refractivity contribution is 5.85. The van der Waals surface area contributed by atoms with E-state index in [0.29, 0.717) is 30.0 Å². The van der Waals surface area contributed by atoms with Crippen LogP contribution in [0.1, 0.15) is 82.5 Å². The third kappa shape index (κ3) is 4.74. The monoisotopic (exact) mass is 490 g/mol. The standard InChI is InChI=1S/C27H33F3N2O3/c1-15-3-7-20(8-4-15)35-24-12-11-23-21(25(24)27(28,29)30)9-10-22(31-23)16(2)32-18-5-6-19(32)14-17(13-18)26(33)34/h9-12,15-20H,3-8,13-14H2,1-2H3,(H,33,34). The number of rotatable bonds is 5. The molecule has 1 aromatic carbocycles. The van der Waals surface area contributed by atoms with E-state index in [1.54, 1.807) is 12.1 Å². The summed E-state index contributed by atoms with van der Waals surface area (Å²) in [6, 6.07) is 6.51. The van der Waals surface area contributed by atoms with E-state index in [9.17, 15) is 23.1 Å². The molecule has 190 valence electrons. The van der Waals surface area contributed by atoms with Crippen molar-refractivity contribution in [2.75, 3.05) is 0 Å². The van der Waals surface area contributed by atoms with Gasteiger partial charge in [-0.05, 0) is 82.4 Å². The first kappa shape index (κ1) is 24.3. The number of aliphatic carboxylic acids is 1. The van der Waals surface area contributed by atoms with E-state index in [0.717, 1.165) is 38.5 Å². The topological polar surface area (TPSA) is 62.7 Å². The number of aromatic nitrogens is 1. The molecule has 35 heavy (non-hydrogen) atoms. The van der Waals surface area contributed by atoms with Crippen molar-refractivity contribution in [1.82, 2.24) is 9.88 Å². The lowest BCUT2D eigenvalue weighted by molar-refractivity contribution is -0.144. The first-order chi connectivity index (χ1) is 16.6. The lowest BCUT2D eigenvalue weighted by Crippen LogP contribution is -2.45. The van der Waals surface area contributed by atoms with Gasteiger partial charge in [0.25, 0.3) is 0 Å². The van der Waals surface area contributed by atoms with Crippen molar-refractivity contribution in [2.45, 2.75) is 95.6 Å². The number of hydrogen-bond acceptors (Lipinski definition) is 4. The molecule has 1 aromatic heterocycles. The Hall–Kier alpha value is -2.35. The highest BCUT2D eigenvalue weighted by Crippen LogP contribution is 2.45. The van der Waals surface area contributed by atoms with Crippen LogP contribution in [0.3, 0.4) is 0 Å². The molecule has 3 atom stereocenters. The van der Waals surface area contributed by atoms with E-state index >= 15 is 0 Å². The number of carboxylic acid groups (broad SMARTS) is 1. The second-order valence-electron chi connectivity index (χ2n) is 10.8. The third-order valence-electron chi connectivity index (χ3n) is 8.41. The van der Waals surface area contributed by atoms with Gasteiger partial charge in [-0.1, -0.05) is 13.0 Å². The molecule has 5 nitrogen and oxygen atoms in total. The largest absolute Gasteiger partial charge is 0.490 e. The zero-order valence-corrected chi connectivity index (χ0v) is 20.2. The number of piperidine rings is 1. The van der Waals surface area contributed by atoms with Crippen molar-refractivity contribution in [3.8, 4) is 5.75 Å². The molecule has 1 N–H and O–H groups in total. The zero-order chi connectivity index (χ0) is 24.9. The summed E-state index contributed by atoms with van der Waals surface area (Å²) in [6.45, 7) is 4.18. The molecule has 1 saturated carbocycles. The molecule has 8 heteroatoms. The van der Waals surface area contributed by atoms with Crippen LogP contribution in [0.2, 0.25) is 0 Å². The number of fused-ring (bicyclic) bond motifs is 3. The second kappa shape index (κ2) is 9.26. The summed E-state index contributed by atoms with van der Waals surface area (Å²) < 4.78 is 48.5. The quantitative estimate of drug-likeness (QED) is 0.512. The number of benzene rings is 1. The molecular formula is C27H33F3N2O3. The lowest BCUT2D eigenvalue weighted by atomic mass is 9.89. The van der Waals surface area contributed by atoms with E-state index < -0.39 is 17.7 Å². The summed E-state index contributed by atoms with van der Waals surface area (Å²) in [5.41, 5.74) is 0.271. The maximum Gasteiger partial charge on any atom is 0.420 e. The maximum absolute atomic E-state index is 14.2. The Bertz CT molecular complexity index is 1080. The van der Waals surface area contributed by atoms with E-state index in [4.69, 9.17) is 4.74 Å². The van der Waals surface area contributed by atoms with Gasteiger partial charge in [-0.2, -0.15) is 13.2 Å². The fourth-order valence-electron chi connectivity index (χ4n) is 6.55. The first-order valence-corrected chi connectivity index (χ1v) is 12.8. The van der Waals surface area contributed by atoms with E-state index in [2.05, 4.69) is 16.8 Å². The van der Waals surface area contributed by atoms with Crippen molar-refractivity contribution in [3.63, 3.8) is 0 Å². The predicted molar refractivity (Wildman–Crippen MR) is 126 cm³/mol. The van der Waals surface area contributed by atoms with Gasteiger partial charge < -0.3 is 9.84 Å². The van der Waals surface area contributed by atoms with Crippen LogP contribution in [0, 0.1) is 11.8 Å². The summed E-state index contributed by atoms with van der Waals surface area (Å²) >= 11 is 0. The normalized spacial score (nSPS) is 30.4. The average Bonchev–Trinajstić information content (AvgIpc) is 3.07. The fraction of sp³-hybridized carbons (Fsp3) is 0.630. The highest BCUT2D eigenvalue weighted by Gasteiger charge is 2.45. The Morgan fingerprint density at radius 1 is 1.06 bits per heavy atom. The Morgan fingerprint density at radius 3 is 2.31 bits per heavy atom. The second-order valence-corrected chi connectivity index (χ2v) is 10.8. The van der Waals surface area contributed by atoms with Gasteiger partial charge in [0.1, 0.15) is 11.3 Å². The minimum Gasteiger partial charge on any atom is -0.490 e. The van der Waals surface area contributed by atoms with Gasteiger partial charge in [-0.25, -0.2) is 0 Å². The molecule has 0 radical (unpaired) electrons. The maximum atomic E-state index is 14.2. The molecule has 3 unspecified atom stereocenters. The molecular weight excluding hydrogens is 457 g/mol. The van der Waals surface area contributed by atoms with E-state index in [-0.39, 0.29) is 41.3 Å². The number of hydrogen-bond donors (Lipinski definition) is 1. The zero-order valence-electron chi connectivity index (χ0n) is 20.2. The van der Waals surface area contributed by atoms with Crippen LogP contribution in [0.4, 0.5) is 13.2 Å². The van der Waals surface area contributed by atoms with Gasteiger partial charge in [0, 0.05) is 23.5 Å². The van der Waals surface area contributed by atoms with Crippen LogP contribution in [0.25, 0.3) is 10.9 Å². The number of carboxylic acids is 1. The van der Waals surface area contributed by atoms with Gasteiger partial charge in [0.2, 0.25) is 0 Å². The molecule has 0 spiro atoms. The third-order valence-corrected chi connectivity index (χ3v) is 8.41. The average molecular weight is 491 g/mol. The molecule has 2 bridgehead atoms. The molecule has 2 saturated heterocycles. The summed E-state index contributed by atoms with van der Waals surface area (Å²) in [4.78, 5) is 18.5. The van der Waals surface area contributed by atoms with Crippen LogP contribution in [-0.2, 0) is 11.0 Å². The van der Waals surface area contributed by atoms with Crippen molar-refractivity contribution in [1.29, 1.82) is 0 Å². The summed E-state index contributed by atoms with van der Waals surface area (Å²) in [5, 5.41) is 9.52. The van der Waals surface area contributed by atoms with Gasteiger partial charge in [0.05, 0.1) is 23.2 Å². The SMILES string of the molecule is CC1CCC(Oc2ccc3nc(C(C)N4C5CCC4CC(C(=O)O)C5)ccc3c2C(F)(F)F)CC1. The number of halogens is 3. The van der Waals surface area contributed by atoms with Crippen molar-refractivity contribution in [3.05, 3.63) is 35.5 Å². The smallest absolute Gasteiger partial charge is 0.420 e. The Morgan fingerprint density at radius 2 is 1.71 bits per heavy atom. The molecule has 5 rings (SSSR count). The molecule has 2 aliphatic heterocycles. The van der Waals surface area contributed by atoms with Crippen molar-refractivity contribution < 1.29 is 27.8 Å². The molecule has 3 aliphatic rings. The van der Waals surface area contributed by atoms with Gasteiger partial charge in [0.15, 0.2) is 0 Å². The minimum absolute atomic E-state index is 0.0580. The minimum atomic E-state index is -4.55. The number of pyridine rings is 1. The molecule has 1 aliphatic carbocycles. The lowest BCUT2D eigenvalue weighted by Gasteiger charge is -2.41. The van der Waals surface area contributed by atoms with E-state index in [1.165, 1.54) is 12.1 Å². The predicted octanol–water partition coefficient (Wildman–Crippen LogP) is 6.60. The number of alkyl halides is 3. The molecule has 3 fully saturated rings. The Balaban J connectivity index is 1.43. The Labute approximate surface area is 203 Å². The summed E-state index contributed by atoms with van der Waals surface area (Å²) in [5.74, 6) is -0.580. The van der Waals surface area contributed by atoms with Gasteiger partial charge >= 0.3 is 12.1 Å². The van der Waals surface area contributed by atoms with Crippen LogP contribution in [0.5, 0.6) is 5.75 Å². The summed E-state index contributed by atoms with van der Waals surface area (Å²) in [7, 11) is 0. The summed E-state index contributed by atoms with van der Waals surface area (Å²) in [6.07, 6.45) is 1.85. The van der Waals surface area contributed by atoms with Gasteiger partial charge in [-0.3, -0.25) is 14.7 Å². The van der Waals surface area contributed by atoms with Crippen LogP contribution in [-0.4, -0.2) is 39.1 Å². The number of nitrogens with zero attached hydrogens (tertiary/aromatic N) is 2.